The lowest BCUT2D eigenvalue weighted by Crippen LogP contribution is -1.96. The van der Waals surface area contributed by atoms with Crippen molar-refractivity contribution in [2.75, 3.05) is 0 Å². The number of fused-ring (bicyclic) bond motifs is 2. The molecule has 3 nitrogen and oxygen atoms in total. The molecular weight excluding hydrogens is 294 g/mol. The van der Waals surface area contributed by atoms with E-state index in [0.29, 0.717) is 0 Å². The number of hydrogen-bond acceptors (Lipinski definition) is 3. The fraction of sp³-hybridized carbons (Fsp3) is 0.190. The van der Waals surface area contributed by atoms with Gasteiger partial charge in [0, 0.05) is 23.7 Å². The topological polar surface area (TPSA) is 38.7 Å². The Balaban J connectivity index is 1.72. The first-order valence-electron chi connectivity index (χ1n) is 8.18. The summed E-state index contributed by atoms with van der Waals surface area (Å²) in [6, 6.07) is 14.8. The Hall–Kier alpha value is -2.81. The average molecular weight is 313 g/mol. The van der Waals surface area contributed by atoms with Crippen LogP contribution in [0.25, 0.3) is 21.9 Å². The molecule has 0 atom stereocenters. The van der Waals surface area contributed by atoms with E-state index in [1.807, 2.05) is 19.2 Å². The predicted molar refractivity (Wildman–Crippen MR) is 98.3 cm³/mol. The van der Waals surface area contributed by atoms with Gasteiger partial charge in [0.15, 0.2) is 0 Å². The van der Waals surface area contributed by atoms with Gasteiger partial charge < -0.3 is 0 Å². The highest BCUT2D eigenvalue weighted by molar-refractivity contribution is 5.79. The Bertz CT molecular complexity index is 1070. The van der Waals surface area contributed by atoms with Crippen LogP contribution in [0.5, 0.6) is 0 Å². The normalized spacial score (nSPS) is 11.3. The number of hydrogen-bond donors (Lipinski definition) is 0. The molecule has 0 aliphatic carbocycles. The van der Waals surface area contributed by atoms with Gasteiger partial charge in [0.05, 0.1) is 22.2 Å². The minimum Gasteiger partial charge on any atom is -0.253 e. The quantitative estimate of drug-likeness (QED) is 0.538. The zero-order chi connectivity index (χ0) is 16.7. The SMILES string of the molecule is Cc1ccc2ccc(Cc3cnc4cc(C)c(C)cc4n3)cc2n1. The zero-order valence-electron chi connectivity index (χ0n) is 14.2. The second-order valence-electron chi connectivity index (χ2n) is 6.44. The molecule has 2 aromatic heterocycles. The van der Waals surface area contributed by atoms with Gasteiger partial charge in [0.2, 0.25) is 0 Å². The Labute approximate surface area is 141 Å². The van der Waals surface area contributed by atoms with Crippen LogP contribution in [0, 0.1) is 20.8 Å². The molecule has 0 amide bonds. The highest BCUT2D eigenvalue weighted by Gasteiger charge is 2.05. The van der Waals surface area contributed by atoms with Gasteiger partial charge >= 0.3 is 0 Å². The molecule has 3 heteroatoms. The number of aromatic nitrogens is 3. The summed E-state index contributed by atoms with van der Waals surface area (Å²) in [6.07, 6.45) is 2.65. The van der Waals surface area contributed by atoms with Crippen molar-refractivity contribution in [3.63, 3.8) is 0 Å². The van der Waals surface area contributed by atoms with E-state index in [1.54, 1.807) is 0 Å². The largest absolute Gasteiger partial charge is 0.253 e. The molecular formula is C21H19N3. The minimum atomic E-state index is 0.765. The summed E-state index contributed by atoms with van der Waals surface area (Å²) >= 11 is 0. The van der Waals surface area contributed by atoms with Crippen molar-refractivity contribution >= 4 is 21.9 Å². The van der Waals surface area contributed by atoms with E-state index in [-0.39, 0.29) is 0 Å². The van der Waals surface area contributed by atoms with Gasteiger partial charge in [0.25, 0.3) is 0 Å². The van der Waals surface area contributed by atoms with Crippen molar-refractivity contribution in [1.29, 1.82) is 0 Å². The molecule has 0 saturated heterocycles. The fourth-order valence-corrected chi connectivity index (χ4v) is 2.98. The van der Waals surface area contributed by atoms with Crippen LogP contribution in [-0.4, -0.2) is 15.0 Å². The van der Waals surface area contributed by atoms with Crippen LogP contribution < -0.4 is 0 Å². The van der Waals surface area contributed by atoms with E-state index in [1.165, 1.54) is 22.1 Å². The second kappa shape index (κ2) is 5.68. The van der Waals surface area contributed by atoms with E-state index < -0.39 is 0 Å². The molecule has 4 aromatic rings. The van der Waals surface area contributed by atoms with Crippen molar-refractivity contribution in [3.05, 3.63) is 76.7 Å². The number of rotatable bonds is 2. The van der Waals surface area contributed by atoms with Gasteiger partial charge in [-0.1, -0.05) is 18.2 Å². The number of benzene rings is 2. The maximum Gasteiger partial charge on any atom is 0.0893 e. The Morgan fingerprint density at radius 2 is 1.50 bits per heavy atom. The lowest BCUT2D eigenvalue weighted by Gasteiger charge is -2.07. The van der Waals surface area contributed by atoms with Crippen molar-refractivity contribution in [2.24, 2.45) is 0 Å². The zero-order valence-corrected chi connectivity index (χ0v) is 14.2. The van der Waals surface area contributed by atoms with E-state index >= 15 is 0 Å². The van der Waals surface area contributed by atoms with E-state index in [0.717, 1.165) is 34.4 Å². The summed E-state index contributed by atoms with van der Waals surface area (Å²) in [5, 5.41) is 1.17. The summed E-state index contributed by atoms with van der Waals surface area (Å²) < 4.78 is 0. The molecule has 0 fully saturated rings. The second-order valence-corrected chi connectivity index (χ2v) is 6.44. The molecule has 0 aliphatic heterocycles. The summed E-state index contributed by atoms with van der Waals surface area (Å²) in [7, 11) is 0. The number of nitrogens with zero attached hydrogens (tertiary/aromatic N) is 3. The summed E-state index contributed by atoms with van der Waals surface area (Å²) in [5.41, 5.74) is 8.68. The molecule has 2 heterocycles. The van der Waals surface area contributed by atoms with Crippen LogP contribution in [0.1, 0.15) is 28.1 Å². The van der Waals surface area contributed by atoms with Crippen LogP contribution in [0.4, 0.5) is 0 Å². The predicted octanol–water partition coefficient (Wildman–Crippen LogP) is 4.69. The highest BCUT2D eigenvalue weighted by atomic mass is 14.8. The van der Waals surface area contributed by atoms with Gasteiger partial charge in [-0.15, -0.1) is 0 Å². The van der Waals surface area contributed by atoms with Crippen molar-refractivity contribution in [1.82, 2.24) is 15.0 Å². The summed E-state index contributed by atoms with van der Waals surface area (Å²) in [4.78, 5) is 14.0. The standard InChI is InChI=1S/C21H19N3/c1-13-8-20-21(9-14(13)2)24-18(12-22-20)10-16-5-7-17-6-4-15(3)23-19(17)11-16/h4-9,11-12H,10H2,1-3H3. The van der Waals surface area contributed by atoms with E-state index in [9.17, 15) is 0 Å². The van der Waals surface area contributed by atoms with Crippen molar-refractivity contribution < 1.29 is 0 Å². The van der Waals surface area contributed by atoms with Crippen molar-refractivity contribution in [2.45, 2.75) is 27.2 Å². The summed E-state index contributed by atoms with van der Waals surface area (Å²) in [6.45, 7) is 6.24. The molecule has 24 heavy (non-hydrogen) atoms. The lowest BCUT2D eigenvalue weighted by molar-refractivity contribution is 1.07. The van der Waals surface area contributed by atoms with Gasteiger partial charge in [0.1, 0.15) is 0 Å². The lowest BCUT2D eigenvalue weighted by atomic mass is 10.1. The molecule has 0 bridgehead atoms. The third-order valence-corrected chi connectivity index (χ3v) is 4.49. The highest BCUT2D eigenvalue weighted by Crippen LogP contribution is 2.19. The first-order chi connectivity index (χ1) is 11.6. The van der Waals surface area contributed by atoms with Gasteiger partial charge in [-0.25, -0.2) is 4.98 Å². The molecule has 2 aromatic carbocycles. The molecule has 0 saturated carbocycles. The van der Waals surface area contributed by atoms with Gasteiger partial charge in [-0.05, 0) is 61.7 Å². The molecule has 4 rings (SSSR count). The minimum absolute atomic E-state index is 0.765. The molecule has 0 spiro atoms. The van der Waals surface area contributed by atoms with E-state index in [4.69, 9.17) is 4.98 Å². The smallest absolute Gasteiger partial charge is 0.0893 e. The van der Waals surface area contributed by atoms with Crippen molar-refractivity contribution in [3.8, 4) is 0 Å². The fourth-order valence-electron chi connectivity index (χ4n) is 2.98. The first-order valence-corrected chi connectivity index (χ1v) is 8.18. The van der Waals surface area contributed by atoms with Crippen LogP contribution in [0.3, 0.4) is 0 Å². The Morgan fingerprint density at radius 1 is 0.750 bits per heavy atom. The molecule has 0 N–H and O–H groups in total. The third-order valence-electron chi connectivity index (χ3n) is 4.49. The van der Waals surface area contributed by atoms with Crippen LogP contribution >= 0.6 is 0 Å². The number of pyridine rings is 1. The van der Waals surface area contributed by atoms with Crippen LogP contribution in [0.15, 0.2) is 48.7 Å². The summed E-state index contributed by atoms with van der Waals surface area (Å²) in [5.74, 6) is 0. The average Bonchev–Trinajstić information content (AvgIpc) is 2.56. The van der Waals surface area contributed by atoms with Gasteiger partial charge in [-0.2, -0.15) is 0 Å². The maximum absolute atomic E-state index is 4.79. The monoisotopic (exact) mass is 313 g/mol. The Kier molecular flexibility index (Phi) is 3.49. The molecule has 0 unspecified atom stereocenters. The van der Waals surface area contributed by atoms with Crippen LogP contribution in [-0.2, 0) is 6.42 Å². The van der Waals surface area contributed by atoms with Gasteiger partial charge in [-0.3, -0.25) is 9.97 Å². The van der Waals surface area contributed by atoms with E-state index in [2.05, 4.69) is 60.2 Å². The first kappa shape index (κ1) is 14.8. The molecule has 0 aliphatic rings. The third kappa shape index (κ3) is 2.73. The Morgan fingerprint density at radius 3 is 2.33 bits per heavy atom. The molecule has 0 radical (unpaired) electrons. The maximum atomic E-state index is 4.79. The molecule has 118 valence electrons. The number of aryl methyl sites for hydroxylation is 3. The van der Waals surface area contributed by atoms with Crippen LogP contribution in [0.2, 0.25) is 0 Å².